The molecule has 1 N–H and O–H groups in total. The number of rotatable bonds is 9. The second kappa shape index (κ2) is 11.2. The fraction of sp³-hybridized carbons (Fsp3) is 0.556. The van der Waals surface area contributed by atoms with E-state index in [-0.39, 0.29) is 11.5 Å². The quantitative estimate of drug-likeness (QED) is 0.471. The van der Waals surface area contributed by atoms with E-state index in [4.69, 9.17) is 0 Å². The smallest absolute Gasteiger partial charge is 0.278 e. The zero-order chi connectivity index (χ0) is 24.9. The van der Waals surface area contributed by atoms with Gasteiger partial charge in [0.2, 0.25) is 5.91 Å². The minimum atomic E-state index is -0.652. The maximum atomic E-state index is 13.5. The Morgan fingerprint density at radius 3 is 2.54 bits per heavy atom. The van der Waals surface area contributed by atoms with Crippen LogP contribution in [0.15, 0.2) is 35.1 Å². The Balaban J connectivity index is 1.48. The first-order chi connectivity index (χ1) is 16.9. The first-order valence-corrected chi connectivity index (χ1v) is 12.9. The Hall–Kier alpha value is -3.00. The molecule has 0 bridgehead atoms. The second-order valence-electron chi connectivity index (χ2n) is 9.73. The molecule has 1 saturated carbocycles. The van der Waals surface area contributed by atoms with Gasteiger partial charge in [0.25, 0.3) is 5.56 Å². The Kier molecular flexibility index (Phi) is 8.00. The van der Waals surface area contributed by atoms with Crippen molar-refractivity contribution in [1.29, 1.82) is 0 Å². The van der Waals surface area contributed by atoms with E-state index in [1.165, 1.54) is 36.8 Å². The summed E-state index contributed by atoms with van der Waals surface area (Å²) in [5, 5.41) is 12.7. The van der Waals surface area contributed by atoms with Gasteiger partial charge in [-0.3, -0.25) is 9.59 Å². The van der Waals surface area contributed by atoms with Crippen LogP contribution >= 0.6 is 0 Å². The van der Waals surface area contributed by atoms with Gasteiger partial charge in [0.15, 0.2) is 0 Å². The highest BCUT2D eigenvalue weighted by Gasteiger charge is 2.25. The summed E-state index contributed by atoms with van der Waals surface area (Å²) in [5.74, 6) is -0.158. The van der Waals surface area contributed by atoms with Crippen LogP contribution < -0.4 is 10.9 Å². The molecule has 1 unspecified atom stereocenters. The molecule has 4 rings (SSSR count). The van der Waals surface area contributed by atoms with Crippen molar-refractivity contribution in [2.45, 2.75) is 77.8 Å². The minimum Gasteiger partial charge on any atom is -0.354 e. The first kappa shape index (κ1) is 25.1. The molecule has 1 fully saturated rings. The fourth-order valence-electron chi connectivity index (χ4n) is 5.24. The van der Waals surface area contributed by atoms with Gasteiger partial charge >= 0.3 is 0 Å². The molecule has 8 nitrogen and oxygen atoms in total. The van der Waals surface area contributed by atoms with Gasteiger partial charge in [0.1, 0.15) is 11.6 Å². The molecular weight excluding hydrogens is 440 g/mol. The summed E-state index contributed by atoms with van der Waals surface area (Å²) < 4.78 is 3.13. The normalized spacial score (nSPS) is 15.6. The Bertz CT molecular complexity index is 1210. The van der Waals surface area contributed by atoms with Gasteiger partial charge < -0.3 is 10.2 Å². The molecule has 0 aliphatic heterocycles. The number of para-hydroxylation sites is 1. The number of carbonyl (C=O) groups is 1. The predicted octanol–water partition coefficient (Wildman–Crippen LogP) is 3.92. The van der Waals surface area contributed by atoms with Gasteiger partial charge in [-0.25, -0.2) is 9.36 Å². The van der Waals surface area contributed by atoms with Crippen LogP contribution in [0.2, 0.25) is 0 Å². The number of hydrogen-bond donors (Lipinski definition) is 1. The number of aromatic nitrogens is 4. The molecule has 0 spiro atoms. The number of nitrogens with zero attached hydrogens (tertiary/aromatic N) is 5. The molecule has 2 heterocycles. The molecule has 2 aromatic heterocycles. The van der Waals surface area contributed by atoms with Gasteiger partial charge in [-0.2, -0.15) is 10.2 Å². The fourth-order valence-corrected chi connectivity index (χ4v) is 5.24. The van der Waals surface area contributed by atoms with Crippen molar-refractivity contribution in [2.24, 2.45) is 0 Å². The maximum Gasteiger partial charge on any atom is 0.278 e. The third kappa shape index (κ3) is 5.32. The summed E-state index contributed by atoms with van der Waals surface area (Å²) >= 11 is 0. The van der Waals surface area contributed by atoms with E-state index in [0.29, 0.717) is 35.6 Å². The average Bonchev–Trinajstić information content (AvgIpc) is 3.24. The zero-order valence-corrected chi connectivity index (χ0v) is 21.5. The molecule has 0 saturated heterocycles. The molecule has 188 valence electrons. The highest BCUT2D eigenvalue weighted by Crippen LogP contribution is 2.22. The van der Waals surface area contributed by atoms with Crippen LogP contribution in [0.4, 0.5) is 0 Å². The monoisotopic (exact) mass is 478 g/mol. The van der Waals surface area contributed by atoms with Crippen LogP contribution in [0.1, 0.15) is 69.3 Å². The van der Waals surface area contributed by atoms with E-state index in [1.54, 1.807) is 4.68 Å². The first-order valence-electron chi connectivity index (χ1n) is 12.9. The maximum absolute atomic E-state index is 13.5. The van der Waals surface area contributed by atoms with Crippen LogP contribution in [-0.2, 0) is 4.79 Å². The average molecular weight is 479 g/mol. The van der Waals surface area contributed by atoms with E-state index in [9.17, 15) is 9.59 Å². The van der Waals surface area contributed by atoms with Crippen LogP contribution in [0.3, 0.4) is 0 Å². The largest absolute Gasteiger partial charge is 0.354 e. The van der Waals surface area contributed by atoms with Crippen LogP contribution in [-0.4, -0.2) is 56.5 Å². The van der Waals surface area contributed by atoms with Crippen molar-refractivity contribution in [2.75, 3.05) is 20.1 Å². The summed E-state index contributed by atoms with van der Waals surface area (Å²) in [5.41, 5.74) is 2.57. The zero-order valence-electron chi connectivity index (χ0n) is 21.5. The van der Waals surface area contributed by atoms with Crippen molar-refractivity contribution in [3.63, 3.8) is 0 Å². The van der Waals surface area contributed by atoms with Gasteiger partial charge in [-0.1, -0.05) is 44.4 Å². The Morgan fingerprint density at radius 1 is 1.14 bits per heavy atom. The number of benzene rings is 1. The topological polar surface area (TPSA) is 85.1 Å². The molecule has 1 amide bonds. The number of fused-ring (bicyclic) bond motifs is 1. The molecule has 0 radical (unpaired) electrons. The SMILES string of the molecule is CCC(C(=O)NCCCN(C)C1CCCCC1)n1nc(C)c2nn(-c3ccccc3)c(C)c2c1=O. The number of nitrogens with one attached hydrogen (secondary N) is 1. The summed E-state index contributed by atoms with van der Waals surface area (Å²) in [6.45, 7) is 7.19. The lowest BCUT2D eigenvalue weighted by Gasteiger charge is -2.31. The number of amides is 1. The summed E-state index contributed by atoms with van der Waals surface area (Å²) in [6.07, 6.45) is 7.91. The highest BCUT2D eigenvalue weighted by molar-refractivity contribution is 5.84. The van der Waals surface area contributed by atoms with Gasteiger partial charge in [0, 0.05) is 12.6 Å². The summed E-state index contributed by atoms with van der Waals surface area (Å²) in [4.78, 5) is 29.0. The van der Waals surface area contributed by atoms with Crippen molar-refractivity contribution in [3.8, 4) is 5.69 Å². The van der Waals surface area contributed by atoms with Crippen LogP contribution in [0.25, 0.3) is 16.6 Å². The second-order valence-corrected chi connectivity index (χ2v) is 9.73. The van der Waals surface area contributed by atoms with Crippen molar-refractivity contribution in [3.05, 3.63) is 52.1 Å². The molecule has 1 aliphatic rings. The van der Waals surface area contributed by atoms with Crippen LogP contribution in [0, 0.1) is 13.8 Å². The molecular formula is C27H38N6O2. The standard InChI is InChI=1S/C27H38N6O2/c1-5-23(26(34)28-17-12-18-31(4)21-13-8-6-9-14-21)33-27(35)24-20(3)32(22-15-10-7-11-16-22)30-25(24)19(2)29-33/h7,10-11,15-16,21,23H,5-6,8-9,12-14,17-18H2,1-4H3,(H,28,34). The number of hydrogen-bond acceptors (Lipinski definition) is 5. The van der Waals surface area contributed by atoms with Gasteiger partial charge in [0.05, 0.1) is 22.5 Å². The number of carbonyl (C=O) groups excluding carboxylic acids is 1. The third-order valence-electron chi connectivity index (χ3n) is 7.31. The van der Waals surface area contributed by atoms with E-state index in [1.807, 2.05) is 51.1 Å². The van der Waals surface area contributed by atoms with E-state index in [2.05, 4.69) is 27.5 Å². The lowest BCUT2D eigenvalue weighted by molar-refractivity contribution is -0.124. The van der Waals surface area contributed by atoms with E-state index in [0.717, 1.165) is 24.3 Å². The van der Waals surface area contributed by atoms with Crippen molar-refractivity contribution >= 4 is 16.8 Å². The Morgan fingerprint density at radius 2 is 1.86 bits per heavy atom. The lowest BCUT2D eigenvalue weighted by Crippen LogP contribution is -2.40. The molecule has 1 aliphatic carbocycles. The van der Waals surface area contributed by atoms with Crippen molar-refractivity contribution in [1.82, 2.24) is 29.8 Å². The molecule has 3 aromatic rings. The van der Waals surface area contributed by atoms with Crippen LogP contribution in [0.5, 0.6) is 0 Å². The van der Waals surface area contributed by atoms with E-state index >= 15 is 0 Å². The molecule has 1 aromatic carbocycles. The predicted molar refractivity (Wildman–Crippen MR) is 139 cm³/mol. The third-order valence-corrected chi connectivity index (χ3v) is 7.31. The van der Waals surface area contributed by atoms with Gasteiger partial charge in [-0.15, -0.1) is 0 Å². The minimum absolute atomic E-state index is 0.158. The summed E-state index contributed by atoms with van der Waals surface area (Å²) in [7, 11) is 2.19. The summed E-state index contributed by atoms with van der Waals surface area (Å²) in [6, 6.07) is 9.74. The van der Waals surface area contributed by atoms with Crippen molar-refractivity contribution < 1.29 is 4.79 Å². The van der Waals surface area contributed by atoms with Gasteiger partial charge in [-0.05, 0) is 65.3 Å². The highest BCUT2D eigenvalue weighted by atomic mass is 16.2. The molecule has 35 heavy (non-hydrogen) atoms. The Labute approximate surface area is 207 Å². The number of aryl methyl sites for hydroxylation is 2. The van der Waals surface area contributed by atoms with E-state index < -0.39 is 6.04 Å². The molecule has 8 heteroatoms. The lowest BCUT2D eigenvalue weighted by atomic mass is 9.94. The molecule has 1 atom stereocenters.